The highest BCUT2D eigenvalue weighted by Gasteiger charge is 2.21. The molecule has 0 atom stereocenters. The van der Waals surface area contributed by atoms with E-state index < -0.39 is 0 Å². The molecule has 0 aromatic heterocycles. The van der Waals surface area contributed by atoms with Crippen molar-refractivity contribution in [2.75, 3.05) is 5.75 Å². The van der Waals surface area contributed by atoms with E-state index in [4.69, 9.17) is 0 Å². The number of hydrogen-bond acceptors (Lipinski definition) is 1. The Balaban J connectivity index is 2.47. The summed E-state index contributed by atoms with van der Waals surface area (Å²) in [6.45, 7) is 9.24. The zero-order chi connectivity index (χ0) is 14.1. The minimum absolute atomic E-state index is 0.376. The van der Waals surface area contributed by atoms with Crippen molar-refractivity contribution in [3.05, 3.63) is 47.9 Å². The number of thioether (sulfide) groups is 1. The summed E-state index contributed by atoms with van der Waals surface area (Å²) in [5.74, 6) is 2.85. The molecule has 1 aromatic carbocycles. The number of hydrogen-bond donors (Lipinski definition) is 0. The van der Waals surface area contributed by atoms with Crippen LogP contribution in [0.2, 0.25) is 0 Å². The predicted molar refractivity (Wildman–Crippen MR) is 90.5 cm³/mol. The molecule has 0 aliphatic heterocycles. The molecule has 0 N–H and O–H groups in total. The standard InChI is InChI=1S/C18H27S/c1-5-16(15-18(3,4)19-6-2)13-10-14-17-11-8-7-9-12-17/h7-12,14H,5-6,13,15H2,1-4H3. The smallest absolute Gasteiger partial charge is 0.0109 e. The molecule has 0 nitrogen and oxygen atoms in total. The van der Waals surface area contributed by atoms with Crippen LogP contribution in [0.3, 0.4) is 0 Å². The normalized spacial score (nSPS) is 12.5. The molecule has 0 unspecified atom stereocenters. The fourth-order valence-corrected chi connectivity index (χ4v) is 3.40. The van der Waals surface area contributed by atoms with E-state index in [1.54, 1.807) is 5.92 Å². The predicted octanol–water partition coefficient (Wildman–Crippen LogP) is 6.00. The largest absolute Gasteiger partial charge is 0.156 e. The fourth-order valence-electron chi connectivity index (χ4n) is 2.31. The Hall–Kier alpha value is -0.690. The molecule has 0 aliphatic carbocycles. The van der Waals surface area contributed by atoms with E-state index in [-0.39, 0.29) is 0 Å². The molecule has 0 aliphatic rings. The van der Waals surface area contributed by atoms with Crippen LogP contribution >= 0.6 is 11.8 Å². The molecule has 1 rings (SSSR count). The van der Waals surface area contributed by atoms with Gasteiger partial charge >= 0.3 is 0 Å². The van der Waals surface area contributed by atoms with Crippen LogP contribution in [0.5, 0.6) is 0 Å². The SMILES string of the molecule is CCSC(C)(C)C[C](CC)CC=Cc1ccccc1. The van der Waals surface area contributed by atoms with Gasteiger partial charge in [0.2, 0.25) is 0 Å². The second-order valence-electron chi connectivity index (χ2n) is 5.49. The molecule has 0 heterocycles. The lowest BCUT2D eigenvalue weighted by molar-refractivity contribution is 0.609. The maximum atomic E-state index is 2.36. The average molecular weight is 275 g/mol. The van der Waals surface area contributed by atoms with Crippen molar-refractivity contribution in [1.29, 1.82) is 0 Å². The molecule has 105 valence electrons. The molecule has 0 spiro atoms. The topological polar surface area (TPSA) is 0 Å². The molecule has 1 radical (unpaired) electrons. The van der Waals surface area contributed by atoms with Gasteiger partial charge in [-0.3, -0.25) is 0 Å². The average Bonchev–Trinajstić information content (AvgIpc) is 2.38. The van der Waals surface area contributed by atoms with Gasteiger partial charge in [-0.25, -0.2) is 0 Å². The monoisotopic (exact) mass is 275 g/mol. The van der Waals surface area contributed by atoms with Gasteiger partial charge in [-0.1, -0.05) is 70.2 Å². The lowest BCUT2D eigenvalue weighted by atomic mass is 9.91. The van der Waals surface area contributed by atoms with Crippen LogP contribution in [-0.2, 0) is 0 Å². The van der Waals surface area contributed by atoms with Gasteiger partial charge in [0.05, 0.1) is 0 Å². The second-order valence-corrected chi connectivity index (χ2v) is 7.46. The first-order valence-electron chi connectivity index (χ1n) is 7.26. The summed E-state index contributed by atoms with van der Waals surface area (Å²) in [5, 5.41) is 0. The first-order chi connectivity index (χ1) is 9.07. The summed E-state index contributed by atoms with van der Waals surface area (Å²) in [6, 6.07) is 10.5. The van der Waals surface area contributed by atoms with Gasteiger partial charge in [-0.15, -0.1) is 0 Å². The highest BCUT2D eigenvalue weighted by atomic mass is 32.2. The molecule has 1 heteroatoms. The number of rotatable bonds is 8. The van der Waals surface area contributed by atoms with Crippen molar-refractivity contribution in [3.63, 3.8) is 0 Å². The van der Waals surface area contributed by atoms with Gasteiger partial charge in [0, 0.05) is 4.75 Å². The van der Waals surface area contributed by atoms with E-state index in [9.17, 15) is 0 Å². The molecule has 0 bridgehead atoms. The Labute approximate surface area is 123 Å². The van der Waals surface area contributed by atoms with E-state index in [0.29, 0.717) is 4.75 Å². The van der Waals surface area contributed by atoms with Gasteiger partial charge in [0.15, 0.2) is 0 Å². The Morgan fingerprint density at radius 3 is 2.42 bits per heavy atom. The Kier molecular flexibility index (Phi) is 7.30. The van der Waals surface area contributed by atoms with Crippen molar-refractivity contribution in [1.82, 2.24) is 0 Å². The van der Waals surface area contributed by atoms with Crippen LogP contribution < -0.4 is 0 Å². The molecule has 1 aromatic rings. The first kappa shape index (κ1) is 16.4. The third kappa shape index (κ3) is 6.87. The van der Waals surface area contributed by atoms with Crippen molar-refractivity contribution >= 4 is 17.8 Å². The van der Waals surface area contributed by atoms with E-state index in [1.807, 2.05) is 0 Å². The van der Waals surface area contributed by atoms with Crippen LogP contribution in [0, 0.1) is 5.92 Å². The van der Waals surface area contributed by atoms with E-state index in [1.165, 1.54) is 24.2 Å². The molecule has 19 heavy (non-hydrogen) atoms. The van der Waals surface area contributed by atoms with Crippen LogP contribution in [0.15, 0.2) is 36.4 Å². The highest BCUT2D eigenvalue weighted by molar-refractivity contribution is 8.00. The fraction of sp³-hybridized carbons (Fsp3) is 0.500. The zero-order valence-corrected chi connectivity index (χ0v) is 13.6. The van der Waals surface area contributed by atoms with E-state index in [0.717, 1.165) is 6.42 Å². The van der Waals surface area contributed by atoms with Gasteiger partial charge in [-0.05, 0) is 36.5 Å². The van der Waals surface area contributed by atoms with Gasteiger partial charge < -0.3 is 0 Å². The minimum atomic E-state index is 0.376. The molecule has 0 saturated heterocycles. The summed E-state index contributed by atoms with van der Waals surface area (Å²) in [4.78, 5) is 0. The molecule has 0 saturated carbocycles. The van der Waals surface area contributed by atoms with Gasteiger partial charge in [0.25, 0.3) is 0 Å². The molecule has 0 amide bonds. The van der Waals surface area contributed by atoms with Gasteiger partial charge in [-0.2, -0.15) is 11.8 Å². The molecular formula is C18H27S. The lowest BCUT2D eigenvalue weighted by Gasteiger charge is -2.27. The Bertz CT molecular complexity index is 365. The third-order valence-corrected chi connectivity index (χ3v) is 4.44. The van der Waals surface area contributed by atoms with Crippen molar-refractivity contribution in [2.24, 2.45) is 0 Å². The quantitative estimate of drug-likeness (QED) is 0.561. The molecule has 0 fully saturated rings. The first-order valence-corrected chi connectivity index (χ1v) is 8.25. The number of allylic oxidation sites excluding steroid dienone is 1. The Morgan fingerprint density at radius 2 is 1.84 bits per heavy atom. The second kappa shape index (κ2) is 8.47. The maximum Gasteiger partial charge on any atom is 0.0109 e. The molecular weight excluding hydrogens is 248 g/mol. The Morgan fingerprint density at radius 1 is 1.16 bits per heavy atom. The third-order valence-electron chi connectivity index (χ3n) is 3.23. The van der Waals surface area contributed by atoms with Crippen molar-refractivity contribution in [2.45, 2.75) is 51.7 Å². The van der Waals surface area contributed by atoms with Crippen molar-refractivity contribution in [3.8, 4) is 0 Å². The van der Waals surface area contributed by atoms with E-state index in [2.05, 4.69) is 81.9 Å². The summed E-state index contributed by atoms with van der Waals surface area (Å²) < 4.78 is 0.376. The van der Waals surface area contributed by atoms with Crippen LogP contribution in [0.4, 0.5) is 0 Å². The van der Waals surface area contributed by atoms with Crippen LogP contribution in [-0.4, -0.2) is 10.5 Å². The zero-order valence-electron chi connectivity index (χ0n) is 12.8. The summed E-state index contributed by atoms with van der Waals surface area (Å²) in [6.07, 6.45) is 8.06. The van der Waals surface area contributed by atoms with E-state index >= 15 is 0 Å². The van der Waals surface area contributed by atoms with Gasteiger partial charge in [0.1, 0.15) is 0 Å². The summed E-state index contributed by atoms with van der Waals surface area (Å²) in [7, 11) is 0. The minimum Gasteiger partial charge on any atom is -0.156 e. The van der Waals surface area contributed by atoms with Crippen molar-refractivity contribution < 1.29 is 0 Å². The van der Waals surface area contributed by atoms with Crippen LogP contribution in [0.1, 0.15) is 52.5 Å². The number of benzene rings is 1. The summed E-state index contributed by atoms with van der Waals surface area (Å²) >= 11 is 2.06. The maximum absolute atomic E-state index is 2.36. The highest BCUT2D eigenvalue weighted by Crippen LogP contribution is 2.34. The lowest BCUT2D eigenvalue weighted by Crippen LogP contribution is -2.19. The summed E-state index contributed by atoms with van der Waals surface area (Å²) in [5.41, 5.74) is 1.29. The van der Waals surface area contributed by atoms with Crippen LogP contribution in [0.25, 0.3) is 6.08 Å².